The van der Waals surface area contributed by atoms with Crippen LogP contribution in [0.15, 0.2) is 108 Å². The van der Waals surface area contributed by atoms with Crippen molar-refractivity contribution in [3.63, 3.8) is 0 Å². The highest BCUT2D eigenvalue weighted by Crippen LogP contribution is 2.33. The smallest absolute Gasteiger partial charge is 0.135 e. The minimum atomic E-state index is 0.923. The number of rotatable bonds is 3. The molecule has 128 valence electrons. The predicted octanol–water partition coefficient (Wildman–Crippen LogP) is 7.17. The predicted molar refractivity (Wildman–Crippen MR) is 114 cm³/mol. The first-order chi connectivity index (χ1) is 13.4. The fraction of sp³-hybridized carbons (Fsp3) is 0. The SMILES string of the molecule is C(=C(\c1ccccc1)c1ccc2oc3ccccc3c2c1)/c1ccccc1. The van der Waals surface area contributed by atoms with Crippen molar-refractivity contribution in [3.05, 3.63) is 120 Å². The maximum Gasteiger partial charge on any atom is 0.135 e. The van der Waals surface area contributed by atoms with Crippen LogP contribution in [0.4, 0.5) is 0 Å². The Morgan fingerprint density at radius 2 is 1.22 bits per heavy atom. The lowest BCUT2D eigenvalue weighted by molar-refractivity contribution is 0.669. The third kappa shape index (κ3) is 2.94. The maximum absolute atomic E-state index is 5.99. The molecule has 4 aromatic carbocycles. The molecule has 0 N–H and O–H groups in total. The highest BCUT2D eigenvalue weighted by molar-refractivity contribution is 6.06. The largest absolute Gasteiger partial charge is 0.456 e. The summed E-state index contributed by atoms with van der Waals surface area (Å²) >= 11 is 0. The van der Waals surface area contributed by atoms with Crippen LogP contribution in [-0.4, -0.2) is 0 Å². The van der Waals surface area contributed by atoms with Gasteiger partial charge in [0.15, 0.2) is 0 Å². The molecule has 5 rings (SSSR count). The highest BCUT2D eigenvalue weighted by atomic mass is 16.3. The standard InChI is InChI=1S/C26H18O/c1-3-9-19(10-4-1)17-23(20-11-5-2-6-12-20)21-15-16-26-24(18-21)22-13-7-8-14-25(22)27-26/h1-18H/b23-17-. The molecule has 1 nitrogen and oxygen atoms in total. The second-order valence-electron chi connectivity index (χ2n) is 6.64. The molecule has 0 bridgehead atoms. The van der Waals surface area contributed by atoms with E-state index in [4.69, 9.17) is 4.42 Å². The van der Waals surface area contributed by atoms with E-state index in [1.165, 1.54) is 22.3 Å². The van der Waals surface area contributed by atoms with E-state index in [2.05, 4.69) is 91.0 Å². The van der Waals surface area contributed by atoms with Gasteiger partial charge in [0, 0.05) is 10.8 Å². The fourth-order valence-corrected chi connectivity index (χ4v) is 3.56. The summed E-state index contributed by atoms with van der Waals surface area (Å²) in [7, 11) is 0. The average molecular weight is 346 g/mol. The van der Waals surface area contributed by atoms with Gasteiger partial charge in [0.1, 0.15) is 11.2 Å². The quantitative estimate of drug-likeness (QED) is 0.315. The van der Waals surface area contributed by atoms with Crippen molar-refractivity contribution in [3.8, 4) is 0 Å². The topological polar surface area (TPSA) is 13.1 Å². The zero-order valence-corrected chi connectivity index (χ0v) is 14.8. The molecule has 0 aliphatic carbocycles. The molecule has 0 aliphatic heterocycles. The van der Waals surface area contributed by atoms with Gasteiger partial charge in [-0.1, -0.05) is 84.9 Å². The van der Waals surface area contributed by atoms with Crippen LogP contribution in [0.1, 0.15) is 16.7 Å². The highest BCUT2D eigenvalue weighted by Gasteiger charge is 2.10. The van der Waals surface area contributed by atoms with Crippen molar-refractivity contribution in [1.82, 2.24) is 0 Å². The summed E-state index contributed by atoms with van der Waals surface area (Å²) in [5, 5.41) is 2.31. The Bertz CT molecular complexity index is 1240. The summed E-state index contributed by atoms with van der Waals surface area (Å²) in [6.07, 6.45) is 2.25. The van der Waals surface area contributed by atoms with Gasteiger partial charge in [0.25, 0.3) is 0 Å². The molecule has 0 fully saturated rings. The third-order valence-electron chi connectivity index (χ3n) is 4.88. The minimum Gasteiger partial charge on any atom is -0.456 e. The number of fused-ring (bicyclic) bond motifs is 3. The summed E-state index contributed by atoms with van der Waals surface area (Å²) in [6.45, 7) is 0. The Morgan fingerprint density at radius 3 is 2.04 bits per heavy atom. The van der Waals surface area contributed by atoms with E-state index in [1.807, 2.05) is 18.2 Å². The van der Waals surface area contributed by atoms with Gasteiger partial charge in [-0.2, -0.15) is 0 Å². The molecule has 0 saturated heterocycles. The summed E-state index contributed by atoms with van der Waals surface area (Å²) in [6, 6.07) is 35.7. The number of para-hydroxylation sites is 1. The molecule has 0 unspecified atom stereocenters. The fourth-order valence-electron chi connectivity index (χ4n) is 3.56. The number of hydrogen-bond acceptors (Lipinski definition) is 1. The Hall–Kier alpha value is -3.58. The van der Waals surface area contributed by atoms with Gasteiger partial charge in [0.05, 0.1) is 0 Å². The molecule has 0 radical (unpaired) electrons. The zero-order chi connectivity index (χ0) is 18.1. The van der Waals surface area contributed by atoms with Gasteiger partial charge < -0.3 is 4.42 Å². The Morgan fingerprint density at radius 1 is 0.556 bits per heavy atom. The second-order valence-corrected chi connectivity index (χ2v) is 6.64. The first-order valence-corrected chi connectivity index (χ1v) is 9.12. The van der Waals surface area contributed by atoms with Crippen LogP contribution >= 0.6 is 0 Å². The van der Waals surface area contributed by atoms with Crippen LogP contribution in [0.25, 0.3) is 33.6 Å². The van der Waals surface area contributed by atoms with Crippen molar-refractivity contribution in [2.45, 2.75) is 0 Å². The lowest BCUT2D eigenvalue weighted by atomic mass is 9.94. The molecule has 27 heavy (non-hydrogen) atoms. The van der Waals surface area contributed by atoms with Crippen LogP contribution in [0, 0.1) is 0 Å². The van der Waals surface area contributed by atoms with E-state index in [0.717, 1.165) is 21.9 Å². The summed E-state index contributed by atoms with van der Waals surface area (Å²) in [5.41, 5.74) is 6.63. The Kier molecular flexibility index (Phi) is 3.84. The van der Waals surface area contributed by atoms with Gasteiger partial charge in [-0.25, -0.2) is 0 Å². The number of benzene rings is 4. The van der Waals surface area contributed by atoms with E-state index >= 15 is 0 Å². The average Bonchev–Trinajstić information content (AvgIpc) is 3.11. The first kappa shape index (κ1) is 15.7. The molecule has 1 heteroatoms. The molecular weight excluding hydrogens is 328 g/mol. The van der Waals surface area contributed by atoms with Crippen molar-refractivity contribution in [2.75, 3.05) is 0 Å². The van der Waals surface area contributed by atoms with Gasteiger partial charge >= 0.3 is 0 Å². The third-order valence-corrected chi connectivity index (χ3v) is 4.88. The molecule has 0 saturated carbocycles. The van der Waals surface area contributed by atoms with Crippen molar-refractivity contribution >= 4 is 33.6 Å². The molecule has 1 aromatic heterocycles. The monoisotopic (exact) mass is 346 g/mol. The van der Waals surface area contributed by atoms with Gasteiger partial charge in [0.2, 0.25) is 0 Å². The van der Waals surface area contributed by atoms with Crippen molar-refractivity contribution in [2.24, 2.45) is 0 Å². The van der Waals surface area contributed by atoms with E-state index in [1.54, 1.807) is 0 Å². The molecule has 1 heterocycles. The molecule has 0 aliphatic rings. The summed E-state index contributed by atoms with van der Waals surface area (Å²) in [4.78, 5) is 0. The molecule has 5 aromatic rings. The van der Waals surface area contributed by atoms with Gasteiger partial charge in [-0.15, -0.1) is 0 Å². The van der Waals surface area contributed by atoms with Gasteiger partial charge in [-0.3, -0.25) is 0 Å². The van der Waals surface area contributed by atoms with E-state index < -0.39 is 0 Å². The lowest BCUT2D eigenvalue weighted by Gasteiger charge is -2.09. The van der Waals surface area contributed by atoms with Gasteiger partial charge in [-0.05, 0) is 46.5 Å². The van der Waals surface area contributed by atoms with Crippen LogP contribution in [0.3, 0.4) is 0 Å². The van der Waals surface area contributed by atoms with E-state index in [-0.39, 0.29) is 0 Å². The van der Waals surface area contributed by atoms with E-state index in [9.17, 15) is 0 Å². The molecule has 0 amide bonds. The number of furan rings is 1. The minimum absolute atomic E-state index is 0.923. The maximum atomic E-state index is 5.99. The normalized spacial score (nSPS) is 11.9. The molecule has 0 spiro atoms. The Labute approximate surface area is 158 Å². The molecule has 0 atom stereocenters. The number of hydrogen-bond donors (Lipinski definition) is 0. The Balaban J connectivity index is 1.74. The lowest BCUT2D eigenvalue weighted by Crippen LogP contribution is -1.88. The van der Waals surface area contributed by atoms with Crippen molar-refractivity contribution < 1.29 is 4.42 Å². The molecular formula is C26H18O. The van der Waals surface area contributed by atoms with Crippen LogP contribution < -0.4 is 0 Å². The van der Waals surface area contributed by atoms with Crippen LogP contribution in [0.5, 0.6) is 0 Å². The summed E-state index contributed by atoms with van der Waals surface area (Å²) in [5.74, 6) is 0. The van der Waals surface area contributed by atoms with Crippen LogP contribution in [-0.2, 0) is 0 Å². The zero-order valence-electron chi connectivity index (χ0n) is 14.8. The summed E-state index contributed by atoms with van der Waals surface area (Å²) < 4.78 is 5.99. The van der Waals surface area contributed by atoms with Crippen molar-refractivity contribution in [1.29, 1.82) is 0 Å². The van der Waals surface area contributed by atoms with Crippen LogP contribution in [0.2, 0.25) is 0 Å². The second kappa shape index (κ2) is 6.62. The first-order valence-electron chi connectivity index (χ1n) is 9.12. The van der Waals surface area contributed by atoms with E-state index in [0.29, 0.717) is 0 Å².